The highest BCUT2D eigenvalue weighted by atomic mass is 16.3. The fraction of sp³-hybridized carbons (Fsp3) is 0. The highest BCUT2D eigenvalue weighted by molar-refractivity contribution is 6.03. The summed E-state index contributed by atoms with van der Waals surface area (Å²) in [4.78, 5) is 19.1. The van der Waals surface area contributed by atoms with Gasteiger partial charge in [0, 0.05) is 11.1 Å². The SMILES string of the molecule is O=C(Nc1ncc(-c2cccc(O)c2)[nH]1)c1ccccc1. The van der Waals surface area contributed by atoms with Crippen LogP contribution in [0.5, 0.6) is 5.75 Å². The fourth-order valence-corrected chi connectivity index (χ4v) is 1.97. The maximum absolute atomic E-state index is 12.0. The fourth-order valence-electron chi connectivity index (χ4n) is 1.97. The largest absolute Gasteiger partial charge is 0.508 e. The first kappa shape index (κ1) is 12.9. The third-order valence-corrected chi connectivity index (χ3v) is 3.00. The first-order valence-corrected chi connectivity index (χ1v) is 6.43. The van der Waals surface area contributed by atoms with Gasteiger partial charge < -0.3 is 10.1 Å². The van der Waals surface area contributed by atoms with Gasteiger partial charge in [0.05, 0.1) is 11.9 Å². The molecule has 0 bridgehead atoms. The summed E-state index contributed by atoms with van der Waals surface area (Å²) in [5.41, 5.74) is 2.07. The smallest absolute Gasteiger partial charge is 0.257 e. The molecule has 0 saturated heterocycles. The van der Waals surface area contributed by atoms with Crippen molar-refractivity contribution in [3.8, 4) is 17.0 Å². The summed E-state index contributed by atoms with van der Waals surface area (Å²) < 4.78 is 0. The summed E-state index contributed by atoms with van der Waals surface area (Å²) in [5.74, 6) is 0.312. The van der Waals surface area contributed by atoms with Gasteiger partial charge >= 0.3 is 0 Å². The number of amides is 1. The summed E-state index contributed by atoms with van der Waals surface area (Å²) in [6, 6.07) is 15.7. The maximum atomic E-state index is 12.0. The van der Waals surface area contributed by atoms with Crippen molar-refractivity contribution in [3.05, 3.63) is 66.4 Å². The minimum Gasteiger partial charge on any atom is -0.508 e. The number of H-pyrrole nitrogens is 1. The summed E-state index contributed by atoms with van der Waals surface area (Å²) in [5, 5.41) is 12.2. The van der Waals surface area contributed by atoms with E-state index < -0.39 is 0 Å². The number of phenols is 1. The molecule has 3 aromatic rings. The number of hydrogen-bond donors (Lipinski definition) is 3. The van der Waals surface area contributed by atoms with Gasteiger partial charge in [-0.05, 0) is 24.3 Å². The molecular weight excluding hydrogens is 266 g/mol. The molecule has 1 aromatic heterocycles. The molecule has 0 atom stereocenters. The Kier molecular flexibility index (Phi) is 3.39. The van der Waals surface area contributed by atoms with Gasteiger partial charge in [0.1, 0.15) is 5.75 Å². The minimum atomic E-state index is -0.229. The van der Waals surface area contributed by atoms with Crippen LogP contribution in [0.3, 0.4) is 0 Å². The maximum Gasteiger partial charge on any atom is 0.257 e. The van der Waals surface area contributed by atoms with Crippen LogP contribution < -0.4 is 5.32 Å². The Bertz CT molecular complexity index is 766. The van der Waals surface area contributed by atoms with Crippen LogP contribution in [0, 0.1) is 0 Å². The van der Waals surface area contributed by atoms with Gasteiger partial charge in [-0.3, -0.25) is 10.1 Å². The van der Waals surface area contributed by atoms with E-state index in [-0.39, 0.29) is 11.7 Å². The Morgan fingerprint density at radius 1 is 1.10 bits per heavy atom. The number of phenolic OH excluding ortho intramolecular Hbond substituents is 1. The second-order valence-corrected chi connectivity index (χ2v) is 4.52. The van der Waals surface area contributed by atoms with Gasteiger partial charge in [0.25, 0.3) is 5.91 Å². The van der Waals surface area contributed by atoms with Gasteiger partial charge in [-0.25, -0.2) is 4.98 Å². The lowest BCUT2D eigenvalue weighted by molar-refractivity contribution is 0.102. The number of aromatic nitrogens is 2. The monoisotopic (exact) mass is 279 g/mol. The third-order valence-electron chi connectivity index (χ3n) is 3.00. The van der Waals surface area contributed by atoms with Crippen LogP contribution >= 0.6 is 0 Å². The topological polar surface area (TPSA) is 78.0 Å². The quantitative estimate of drug-likeness (QED) is 0.689. The second kappa shape index (κ2) is 5.50. The zero-order chi connectivity index (χ0) is 14.7. The van der Waals surface area contributed by atoms with E-state index in [0.717, 1.165) is 5.56 Å². The van der Waals surface area contributed by atoms with E-state index in [1.54, 1.807) is 48.7 Å². The number of carbonyl (C=O) groups is 1. The zero-order valence-corrected chi connectivity index (χ0v) is 11.1. The molecule has 1 amide bonds. The normalized spacial score (nSPS) is 10.3. The minimum absolute atomic E-state index is 0.178. The first-order chi connectivity index (χ1) is 10.2. The van der Waals surface area contributed by atoms with E-state index in [4.69, 9.17) is 0 Å². The lowest BCUT2D eigenvalue weighted by Gasteiger charge is -2.01. The highest BCUT2D eigenvalue weighted by Crippen LogP contribution is 2.22. The van der Waals surface area contributed by atoms with Crippen molar-refractivity contribution in [2.75, 3.05) is 5.32 Å². The Hall–Kier alpha value is -3.08. The summed E-state index contributed by atoms with van der Waals surface area (Å²) in [6.07, 6.45) is 1.61. The van der Waals surface area contributed by atoms with Crippen LogP contribution in [0.1, 0.15) is 10.4 Å². The molecular formula is C16H13N3O2. The average molecular weight is 279 g/mol. The predicted molar refractivity (Wildman–Crippen MR) is 80.1 cm³/mol. The average Bonchev–Trinajstić information content (AvgIpc) is 2.97. The van der Waals surface area contributed by atoms with Gasteiger partial charge in [0.15, 0.2) is 0 Å². The number of carbonyl (C=O) groups excluding carboxylic acids is 1. The molecule has 0 aliphatic rings. The Balaban J connectivity index is 1.78. The molecule has 0 radical (unpaired) electrons. The molecule has 0 aliphatic heterocycles. The predicted octanol–water partition coefficient (Wildman–Crippen LogP) is 3.03. The van der Waals surface area contributed by atoms with E-state index >= 15 is 0 Å². The number of nitrogens with one attached hydrogen (secondary N) is 2. The van der Waals surface area contributed by atoms with Crippen molar-refractivity contribution in [2.24, 2.45) is 0 Å². The van der Waals surface area contributed by atoms with E-state index in [0.29, 0.717) is 17.2 Å². The van der Waals surface area contributed by atoms with Gasteiger partial charge in [-0.1, -0.05) is 30.3 Å². The second-order valence-electron chi connectivity index (χ2n) is 4.52. The highest BCUT2D eigenvalue weighted by Gasteiger charge is 2.08. The number of anilines is 1. The van der Waals surface area contributed by atoms with Crippen molar-refractivity contribution in [1.82, 2.24) is 9.97 Å². The number of nitrogens with zero attached hydrogens (tertiary/aromatic N) is 1. The summed E-state index contributed by atoms with van der Waals surface area (Å²) in [7, 11) is 0. The number of hydrogen-bond acceptors (Lipinski definition) is 3. The molecule has 3 rings (SSSR count). The zero-order valence-electron chi connectivity index (χ0n) is 11.1. The first-order valence-electron chi connectivity index (χ1n) is 6.43. The molecule has 0 fully saturated rings. The van der Waals surface area contributed by atoms with Crippen LogP contribution in [0.25, 0.3) is 11.3 Å². The van der Waals surface area contributed by atoms with Gasteiger partial charge in [0.2, 0.25) is 5.95 Å². The summed E-state index contributed by atoms with van der Waals surface area (Å²) in [6.45, 7) is 0. The van der Waals surface area contributed by atoms with Crippen molar-refractivity contribution in [1.29, 1.82) is 0 Å². The van der Waals surface area contributed by atoms with E-state index in [9.17, 15) is 9.90 Å². The van der Waals surface area contributed by atoms with E-state index in [1.807, 2.05) is 12.1 Å². The standard InChI is InChI=1S/C16H13N3O2/c20-13-8-4-7-12(9-13)14-10-17-16(18-14)19-15(21)11-5-2-1-3-6-11/h1-10,20H,(H2,17,18,19,21). The van der Waals surface area contributed by atoms with Crippen molar-refractivity contribution in [2.45, 2.75) is 0 Å². The molecule has 0 aliphatic carbocycles. The van der Waals surface area contributed by atoms with Crippen LogP contribution in [-0.4, -0.2) is 21.0 Å². The third kappa shape index (κ3) is 2.92. The van der Waals surface area contributed by atoms with E-state index in [2.05, 4.69) is 15.3 Å². The molecule has 3 N–H and O–H groups in total. The lowest BCUT2D eigenvalue weighted by atomic mass is 10.2. The lowest BCUT2D eigenvalue weighted by Crippen LogP contribution is -2.12. The molecule has 0 unspecified atom stereocenters. The summed E-state index contributed by atoms with van der Waals surface area (Å²) >= 11 is 0. The van der Waals surface area contributed by atoms with E-state index in [1.165, 1.54) is 0 Å². The molecule has 21 heavy (non-hydrogen) atoms. The Morgan fingerprint density at radius 2 is 1.90 bits per heavy atom. The van der Waals surface area contributed by atoms with Crippen LogP contribution in [0.2, 0.25) is 0 Å². The van der Waals surface area contributed by atoms with Crippen molar-refractivity contribution in [3.63, 3.8) is 0 Å². The van der Waals surface area contributed by atoms with Crippen LogP contribution in [-0.2, 0) is 0 Å². The number of rotatable bonds is 3. The molecule has 0 spiro atoms. The Labute approximate surface area is 121 Å². The van der Waals surface area contributed by atoms with Crippen molar-refractivity contribution < 1.29 is 9.90 Å². The number of imidazole rings is 1. The van der Waals surface area contributed by atoms with Gasteiger partial charge in [-0.15, -0.1) is 0 Å². The van der Waals surface area contributed by atoms with Gasteiger partial charge in [-0.2, -0.15) is 0 Å². The molecule has 104 valence electrons. The number of benzene rings is 2. The molecule has 5 heteroatoms. The number of aromatic hydroxyl groups is 1. The van der Waals surface area contributed by atoms with Crippen LogP contribution in [0.4, 0.5) is 5.95 Å². The molecule has 0 saturated carbocycles. The number of aromatic amines is 1. The molecule has 2 aromatic carbocycles. The Morgan fingerprint density at radius 3 is 2.67 bits per heavy atom. The van der Waals surface area contributed by atoms with Crippen LogP contribution in [0.15, 0.2) is 60.8 Å². The molecule has 5 nitrogen and oxygen atoms in total. The molecule has 1 heterocycles. The van der Waals surface area contributed by atoms with Crippen molar-refractivity contribution >= 4 is 11.9 Å².